The molecule has 8 heteroatoms. The molecule has 0 radical (unpaired) electrons. The van der Waals surface area contributed by atoms with Crippen LogP contribution in [0, 0.1) is 6.92 Å². The lowest BCUT2D eigenvalue weighted by molar-refractivity contribution is 0.102. The molecule has 152 valence electrons. The van der Waals surface area contributed by atoms with Crippen molar-refractivity contribution in [2.24, 2.45) is 0 Å². The van der Waals surface area contributed by atoms with Gasteiger partial charge in [-0.1, -0.05) is 17.7 Å². The van der Waals surface area contributed by atoms with E-state index in [1.54, 1.807) is 39.0 Å². The van der Waals surface area contributed by atoms with Gasteiger partial charge in [-0.05, 0) is 39.8 Å². The molecule has 0 aliphatic carbocycles. The molecule has 0 saturated heterocycles. The second-order valence-corrected chi connectivity index (χ2v) is 8.05. The van der Waals surface area contributed by atoms with Crippen molar-refractivity contribution in [1.29, 1.82) is 0 Å². The number of benzene rings is 2. The number of carbonyl (C=O) groups is 1. The highest BCUT2D eigenvalue weighted by atomic mass is 32.2. The minimum Gasteiger partial charge on any atom is -0.492 e. The van der Waals surface area contributed by atoms with E-state index < -0.39 is 10.0 Å². The number of hydrogen-bond acceptors (Lipinski definition) is 5. The van der Waals surface area contributed by atoms with Crippen LogP contribution in [-0.2, 0) is 10.0 Å². The Bertz CT molecular complexity index is 924. The van der Waals surface area contributed by atoms with Gasteiger partial charge in [0.15, 0.2) is 0 Å². The van der Waals surface area contributed by atoms with Crippen molar-refractivity contribution in [2.75, 3.05) is 29.0 Å². The first-order valence-electron chi connectivity index (χ1n) is 9.11. The van der Waals surface area contributed by atoms with Crippen LogP contribution in [0.5, 0.6) is 11.5 Å². The smallest absolute Gasteiger partial charge is 0.255 e. The number of carbonyl (C=O) groups excluding carboxylic acids is 1. The summed E-state index contributed by atoms with van der Waals surface area (Å²) < 4.78 is 37.7. The van der Waals surface area contributed by atoms with Crippen LogP contribution in [0.4, 0.5) is 11.4 Å². The summed E-state index contributed by atoms with van der Waals surface area (Å²) in [6.45, 7) is 7.76. The monoisotopic (exact) mass is 406 g/mol. The molecule has 0 aliphatic heterocycles. The Kier molecular flexibility index (Phi) is 7.28. The van der Waals surface area contributed by atoms with Crippen LogP contribution in [-0.4, -0.2) is 33.3 Å². The van der Waals surface area contributed by atoms with E-state index in [0.717, 1.165) is 5.56 Å². The molecule has 0 saturated carbocycles. The average Bonchev–Trinajstić information content (AvgIpc) is 2.65. The third-order valence-electron chi connectivity index (χ3n) is 3.89. The Morgan fingerprint density at radius 1 is 0.929 bits per heavy atom. The van der Waals surface area contributed by atoms with Crippen molar-refractivity contribution in [3.8, 4) is 11.5 Å². The van der Waals surface area contributed by atoms with Crippen molar-refractivity contribution in [3.63, 3.8) is 0 Å². The molecule has 0 heterocycles. The van der Waals surface area contributed by atoms with Crippen LogP contribution in [0.15, 0.2) is 36.4 Å². The quantitative estimate of drug-likeness (QED) is 0.660. The van der Waals surface area contributed by atoms with E-state index in [-0.39, 0.29) is 17.3 Å². The maximum absolute atomic E-state index is 12.6. The van der Waals surface area contributed by atoms with Gasteiger partial charge in [0.25, 0.3) is 5.91 Å². The molecule has 0 aromatic heterocycles. The maximum Gasteiger partial charge on any atom is 0.255 e. The van der Waals surface area contributed by atoms with Crippen molar-refractivity contribution >= 4 is 27.3 Å². The third kappa shape index (κ3) is 5.63. The normalized spacial score (nSPS) is 11.0. The molecule has 1 amide bonds. The Morgan fingerprint density at radius 3 is 2.00 bits per heavy atom. The Hall–Kier alpha value is -2.74. The van der Waals surface area contributed by atoms with Gasteiger partial charge in [-0.15, -0.1) is 0 Å². The summed E-state index contributed by atoms with van der Waals surface area (Å²) in [7, 11) is -3.50. The molecule has 0 atom stereocenters. The van der Waals surface area contributed by atoms with Gasteiger partial charge in [-0.25, -0.2) is 8.42 Å². The number of sulfonamides is 1. The number of nitrogens with one attached hydrogen (secondary N) is 2. The second-order valence-electron chi connectivity index (χ2n) is 6.04. The van der Waals surface area contributed by atoms with E-state index >= 15 is 0 Å². The fraction of sp³-hybridized carbons (Fsp3) is 0.350. The van der Waals surface area contributed by atoms with Crippen molar-refractivity contribution in [1.82, 2.24) is 0 Å². The molecule has 2 aromatic rings. The summed E-state index contributed by atoms with van der Waals surface area (Å²) in [6, 6.07) is 10.3. The fourth-order valence-corrected chi connectivity index (χ4v) is 3.07. The molecule has 28 heavy (non-hydrogen) atoms. The van der Waals surface area contributed by atoms with Crippen molar-refractivity contribution in [3.05, 3.63) is 47.5 Å². The van der Waals surface area contributed by atoms with E-state index in [1.807, 2.05) is 19.1 Å². The SMILES string of the molecule is CCOc1cc(NS(=O)(=O)CC)c(OCC)cc1NC(=O)c1ccc(C)cc1. The largest absolute Gasteiger partial charge is 0.492 e. The Labute approximate surface area is 166 Å². The first-order valence-corrected chi connectivity index (χ1v) is 10.8. The molecule has 0 fully saturated rings. The lowest BCUT2D eigenvalue weighted by Gasteiger charge is -2.18. The van der Waals surface area contributed by atoms with Crippen LogP contribution in [0.1, 0.15) is 36.7 Å². The summed E-state index contributed by atoms with van der Waals surface area (Å²) in [5, 5.41) is 2.81. The lowest BCUT2D eigenvalue weighted by Crippen LogP contribution is -2.17. The van der Waals surface area contributed by atoms with Gasteiger partial charge >= 0.3 is 0 Å². The predicted molar refractivity (Wildman–Crippen MR) is 111 cm³/mol. The summed E-state index contributed by atoms with van der Waals surface area (Å²) in [5.74, 6) is 0.279. The minimum absolute atomic E-state index is 0.0750. The van der Waals surface area contributed by atoms with Crippen LogP contribution in [0.25, 0.3) is 0 Å². The molecule has 0 aliphatic rings. The zero-order chi connectivity index (χ0) is 20.7. The maximum atomic E-state index is 12.6. The van der Waals surface area contributed by atoms with Gasteiger partial charge in [-0.2, -0.15) is 0 Å². The first-order chi connectivity index (χ1) is 13.3. The highest BCUT2D eigenvalue weighted by Crippen LogP contribution is 2.37. The number of rotatable bonds is 9. The molecule has 0 spiro atoms. The zero-order valence-corrected chi connectivity index (χ0v) is 17.4. The van der Waals surface area contributed by atoms with Gasteiger partial charge in [0.2, 0.25) is 10.0 Å². The number of anilines is 2. The van der Waals surface area contributed by atoms with E-state index in [2.05, 4.69) is 10.0 Å². The van der Waals surface area contributed by atoms with Crippen LogP contribution < -0.4 is 19.5 Å². The Morgan fingerprint density at radius 2 is 1.46 bits per heavy atom. The summed E-state index contributed by atoms with van der Waals surface area (Å²) >= 11 is 0. The van der Waals surface area contributed by atoms with E-state index in [0.29, 0.717) is 36.0 Å². The molecule has 0 unspecified atom stereocenters. The van der Waals surface area contributed by atoms with Crippen LogP contribution in [0.2, 0.25) is 0 Å². The predicted octanol–water partition coefficient (Wildman–Crippen LogP) is 3.81. The van der Waals surface area contributed by atoms with Gasteiger partial charge < -0.3 is 14.8 Å². The molecule has 2 N–H and O–H groups in total. The lowest BCUT2D eigenvalue weighted by atomic mass is 10.1. The number of aryl methyl sites for hydroxylation is 1. The molecule has 7 nitrogen and oxygen atoms in total. The highest BCUT2D eigenvalue weighted by molar-refractivity contribution is 7.92. The number of amides is 1. The summed E-state index contributed by atoms with van der Waals surface area (Å²) in [6.07, 6.45) is 0. The molecule has 0 bridgehead atoms. The van der Waals surface area contributed by atoms with Gasteiger partial charge in [0, 0.05) is 17.7 Å². The summed E-state index contributed by atoms with van der Waals surface area (Å²) in [4.78, 5) is 12.6. The fourth-order valence-electron chi connectivity index (χ4n) is 2.43. The third-order valence-corrected chi connectivity index (χ3v) is 5.18. The first kappa shape index (κ1) is 21.6. The van der Waals surface area contributed by atoms with Crippen LogP contribution >= 0.6 is 0 Å². The van der Waals surface area contributed by atoms with Gasteiger partial charge in [-0.3, -0.25) is 9.52 Å². The van der Waals surface area contributed by atoms with Crippen molar-refractivity contribution in [2.45, 2.75) is 27.7 Å². The molecular formula is C20H26N2O5S. The zero-order valence-electron chi connectivity index (χ0n) is 16.5. The molecule has 2 rings (SSSR count). The van der Waals surface area contributed by atoms with Gasteiger partial charge in [0.1, 0.15) is 11.5 Å². The highest BCUT2D eigenvalue weighted by Gasteiger charge is 2.18. The standard InChI is InChI=1S/C20H26N2O5S/c1-5-26-18-13-17(22-28(24,25)7-3)19(27-6-2)12-16(18)21-20(23)15-10-8-14(4)9-11-15/h8-13,22H,5-7H2,1-4H3,(H,21,23). The molecule has 2 aromatic carbocycles. The average molecular weight is 407 g/mol. The summed E-state index contributed by atoms with van der Waals surface area (Å²) in [5.41, 5.74) is 2.22. The number of hydrogen-bond donors (Lipinski definition) is 2. The second kappa shape index (κ2) is 9.45. The van der Waals surface area contributed by atoms with E-state index in [4.69, 9.17) is 9.47 Å². The Balaban J connectivity index is 2.42. The van der Waals surface area contributed by atoms with E-state index in [1.165, 1.54) is 6.07 Å². The minimum atomic E-state index is -3.50. The van der Waals surface area contributed by atoms with Crippen molar-refractivity contribution < 1.29 is 22.7 Å². The molecular weight excluding hydrogens is 380 g/mol. The topological polar surface area (TPSA) is 93.7 Å². The van der Waals surface area contributed by atoms with Crippen LogP contribution in [0.3, 0.4) is 0 Å². The van der Waals surface area contributed by atoms with E-state index in [9.17, 15) is 13.2 Å². The number of ether oxygens (including phenoxy) is 2. The van der Waals surface area contributed by atoms with Gasteiger partial charge in [0.05, 0.1) is 30.3 Å².